The first kappa shape index (κ1) is 12.5. The zero-order valence-electron chi connectivity index (χ0n) is 4.43. The third-order valence-corrected chi connectivity index (χ3v) is 0.798. The predicted molar refractivity (Wildman–Crippen MR) is 39.6 cm³/mol. The monoisotopic (exact) mass is 274 g/mol. The number of aliphatic carboxylic acids is 1. The van der Waals surface area contributed by atoms with E-state index in [-0.39, 0.29) is 5.75 Å². The molecule has 0 aliphatic carbocycles. The fourth-order valence-corrected chi connectivity index (χ4v) is 0.214. The standard InChI is InChI=1S/C3H6NO2S.ClH.Sn/c4-2(1-7)3(5)6;;/h2,4,7H,1H2,(H,5,6);1H;/q-1;;+1/p-2. The summed E-state index contributed by atoms with van der Waals surface area (Å²) < 4.78 is 0. The Balaban J connectivity index is 0. The molecule has 1 atom stereocenters. The minimum absolute atomic E-state index is 0.0324. The zero-order valence-corrected chi connectivity index (χ0v) is 8.85. The molecule has 0 aromatic rings. The van der Waals surface area contributed by atoms with Gasteiger partial charge >= 0.3 is 30.3 Å². The first-order valence-electron chi connectivity index (χ1n) is 1.89. The van der Waals surface area contributed by atoms with Crippen LogP contribution in [-0.4, -0.2) is 44.3 Å². The fraction of sp³-hybridized carbons (Fsp3) is 0.667. The van der Waals surface area contributed by atoms with Gasteiger partial charge in [0.25, 0.3) is 5.97 Å². The van der Waals surface area contributed by atoms with Gasteiger partial charge in [-0.3, -0.25) is 4.79 Å². The molecule has 0 fully saturated rings. The molecule has 0 saturated carbocycles. The minimum atomic E-state index is -1.14. The number of hydrogen-bond acceptors (Lipinski definition) is 2. The fourth-order valence-electron chi connectivity index (χ4n) is 0.0713. The van der Waals surface area contributed by atoms with E-state index in [9.17, 15) is 4.79 Å². The quantitative estimate of drug-likeness (QED) is 0.583. The van der Waals surface area contributed by atoms with Crippen LogP contribution in [0.3, 0.4) is 0 Å². The number of hydrogen-bond donors (Lipinski definition) is 1. The van der Waals surface area contributed by atoms with E-state index in [2.05, 4.69) is 12.6 Å². The summed E-state index contributed by atoms with van der Waals surface area (Å²) in [5.74, 6) is -1.18. The van der Waals surface area contributed by atoms with Gasteiger partial charge in [-0.1, -0.05) is 6.04 Å². The zero-order chi connectivity index (χ0) is 7.86. The van der Waals surface area contributed by atoms with Crippen LogP contribution in [0.4, 0.5) is 0 Å². The Morgan fingerprint density at radius 2 is 2.22 bits per heavy atom. The van der Waals surface area contributed by atoms with Gasteiger partial charge in [0.15, 0.2) is 0 Å². The van der Waals surface area contributed by atoms with Crippen molar-refractivity contribution in [3.8, 4) is 0 Å². The molecule has 0 saturated heterocycles. The SMILES string of the molecule is [Cl][Sn].[NH-]C(C[S-])C(=O)O. The van der Waals surface area contributed by atoms with Crippen LogP contribution < -0.4 is 0 Å². The molecule has 2 N–H and O–H groups in total. The molecule has 1 unspecified atom stereocenters. The van der Waals surface area contributed by atoms with Crippen LogP contribution >= 0.6 is 8.92 Å². The van der Waals surface area contributed by atoms with Gasteiger partial charge in [0, 0.05) is 0 Å². The summed E-state index contributed by atoms with van der Waals surface area (Å²) in [6.07, 6.45) is 0. The number of rotatable bonds is 2. The molecule has 0 spiro atoms. The van der Waals surface area contributed by atoms with E-state index in [4.69, 9.17) is 19.8 Å². The molecule has 0 aromatic heterocycles. The normalized spacial score (nSPS) is 11.1. The van der Waals surface area contributed by atoms with E-state index in [1.54, 1.807) is 0 Å². The van der Waals surface area contributed by atoms with Crippen molar-refractivity contribution in [2.24, 2.45) is 0 Å². The predicted octanol–water partition coefficient (Wildman–Crippen LogP) is 0.347. The number of carboxylic acid groups (broad SMARTS) is 1. The van der Waals surface area contributed by atoms with Crippen molar-refractivity contribution in [2.45, 2.75) is 6.04 Å². The molecule has 0 aliphatic rings. The molecule has 3 radical (unpaired) electrons. The van der Waals surface area contributed by atoms with Gasteiger partial charge in [-0.25, -0.2) is 0 Å². The van der Waals surface area contributed by atoms with Gasteiger partial charge in [-0.05, 0) is 0 Å². The summed E-state index contributed by atoms with van der Waals surface area (Å²) in [6, 6.07) is -1.12. The second-order valence-corrected chi connectivity index (χ2v) is 1.39. The van der Waals surface area contributed by atoms with E-state index in [1.807, 2.05) is 0 Å². The number of carboxylic acids is 1. The van der Waals surface area contributed by atoms with Crippen LogP contribution in [0.15, 0.2) is 0 Å². The molecule has 6 heteroatoms. The van der Waals surface area contributed by atoms with Crippen molar-refractivity contribution >= 4 is 48.9 Å². The summed E-state index contributed by atoms with van der Waals surface area (Å²) in [7, 11) is 4.73. The summed E-state index contributed by atoms with van der Waals surface area (Å²) in [5, 5.41) is 7.93. The molecule has 0 amide bonds. The van der Waals surface area contributed by atoms with Crippen LogP contribution in [0.1, 0.15) is 0 Å². The van der Waals surface area contributed by atoms with E-state index in [0.29, 0.717) is 0 Å². The Morgan fingerprint density at radius 1 is 1.89 bits per heavy atom. The van der Waals surface area contributed by atoms with Gasteiger partial charge in [0.05, 0.1) is 0 Å². The Morgan fingerprint density at radius 3 is 2.22 bits per heavy atom. The molecular weight excluding hydrogens is 268 g/mol. The Kier molecular flexibility index (Phi) is 12.4. The van der Waals surface area contributed by atoms with Crippen molar-refractivity contribution < 1.29 is 9.90 Å². The van der Waals surface area contributed by atoms with Crippen molar-refractivity contribution in [3.63, 3.8) is 0 Å². The van der Waals surface area contributed by atoms with Crippen molar-refractivity contribution in [1.29, 1.82) is 0 Å². The summed E-state index contributed by atoms with van der Waals surface area (Å²) in [4.78, 5) is 9.68. The molecule has 3 nitrogen and oxygen atoms in total. The topological polar surface area (TPSA) is 61.1 Å². The Hall–Kier alpha value is 0.869. The van der Waals surface area contributed by atoms with E-state index in [1.165, 1.54) is 0 Å². The summed E-state index contributed by atoms with van der Waals surface area (Å²) in [6.45, 7) is 0. The Bertz CT molecular complexity index is 84.2. The number of nitrogens with one attached hydrogen (secondary N) is 1. The molecule has 0 bridgehead atoms. The maximum atomic E-state index is 9.68. The molecule has 0 aromatic carbocycles. The van der Waals surface area contributed by atoms with Gasteiger partial charge in [-0.2, -0.15) is 5.75 Å². The van der Waals surface area contributed by atoms with Gasteiger partial charge in [0.2, 0.25) is 0 Å². The molecule has 9 heavy (non-hydrogen) atoms. The maximum Gasteiger partial charge on any atom is 0.283 e. The third kappa shape index (κ3) is 8.87. The van der Waals surface area contributed by atoms with Crippen molar-refractivity contribution in [1.82, 2.24) is 0 Å². The van der Waals surface area contributed by atoms with Crippen LogP contribution in [0.25, 0.3) is 5.73 Å². The van der Waals surface area contributed by atoms with Crippen LogP contribution in [-0.2, 0) is 17.4 Å². The van der Waals surface area contributed by atoms with Crippen LogP contribution in [0.2, 0.25) is 0 Å². The third-order valence-electron chi connectivity index (χ3n) is 0.465. The average molecular weight is 273 g/mol. The second kappa shape index (κ2) is 8.87. The first-order chi connectivity index (χ1) is 4.18. The smallest absolute Gasteiger partial charge is 0.283 e. The van der Waals surface area contributed by atoms with Crippen LogP contribution in [0, 0.1) is 0 Å². The van der Waals surface area contributed by atoms with Crippen molar-refractivity contribution in [2.75, 3.05) is 5.75 Å². The first-order valence-corrected chi connectivity index (χ1v) is 6.08. The minimum Gasteiger partial charge on any atom is -0.793 e. The maximum absolute atomic E-state index is 9.68. The molecule has 0 rings (SSSR count). The number of carbonyl (C=O) groups is 1. The van der Waals surface area contributed by atoms with E-state index < -0.39 is 12.0 Å². The largest absolute Gasteiger partial charge is 0.793 e. The molecule has 0 heterocycles. The van der Waals surface area contributed by atoms with Gasteiger partial charge in [0.1, 0.15) is 0 Å². The van der Waals surface area contributed by atoms with Gasteiger partial charge < -0.3 is 23.5 Å². The van der Waals surface area contributed by atoms with E-state index >= 15 is 0 Å². The van der Waals surface area contributed by atoms with Crippen LogP contribution in [0.5, 0.6) is 0 Å². The van der Waals surface area contributed by atoms with E-state index in [0.717, 1.165) is 21.4 Å². The summed E-state index contributed by atoms with van der Waals surface area (Å²) in [5.41, 5.74) is 6.57. The molecular formula is C3H5ClNO2SSn-2. The van der Waals surface area contributed by atoms with Crippen molar-refractivity contribution in [3.05, 3.63) is 5.73 Å². The average Bonchev–Trinajstić information content (AvgIpc) is 1.91. The second-order valence-electron chi connectivity index (χ2n) is 1.06. The summed E-state index contributed by atoms with van der Waals surface area (Å²) >= 11 is 5.30. The number of halogens is 1. The van der Waals surface area contributed by atoms with Gasteiger partial charge in [-0.15, -0.1) is 0 Å². The molecule has 0 aliphatic heterocycles. The Labute approximate surface area is 76.2 Å². The molecule has 53 valence electrons.